The molecule has 3 fully saturated rings. The monoisotopic (exact) mass is 374 g/mol. The Hall–Kier alpha value is -2.06. The average molecular weight is 374 g/mol. The van der Waals surface area contributed by atoms with Crippen molar-refractivity contribution in [3.63, 3.8) is 0 Å². The van der Waals surface area contributed by atoms with Crippen LogP contribution in [0.15, 0.2) is 23.1 Å². The normalized spacial score (nSPS) is 24.8. The molecule has 0 N–H and O–H groups in total. The van der Waals surface area contributed by atoms with Gasteiger partial charge >= 0.3 is 5.97 Å². The Balaban J connectivity index is 1.55. The van der Waals surface area contributed by atoms with Crippen molar-refractivity contribution in [2.75, 3.05) is 19.6 Å². The molecule has 0 saturated carbocycles. The second kappa shape index (κ2) is 6.92. The van der Waals surface area contributed by atoms with Crippen LogP contribution in [0.2, 0.25) is 0 Å². The minimum atomic E-state index is -0.383. The Morgan fingerprint density at radius 3 is 2.65 bits per heavy atom. The van der Waals surface area contributed by atoms with E-state index in [1.165, 1.54) is 34.2 Å². The van der Waals surface area contributed by atoms with E-state index >= 15 is 0 Å². The lowest BCUT2D eigenvalue weighted by Gasteiger charge is -2.43. The molecule has 138 valence electrons. The number of hydrogen-bond acceptors (Lipinski definition) is 7. The third-order valence-electron chi connectivity index (χ3n) is 5.13. The molecule has 26 heavy (non-hydrogen) atoms. The molecule has 1 atom stereocenters. The molecule has 2 aromatic rings. The minimum absolute atomic E-state index is 0.0561. The number of carbonyl (C=O) groups excluding carboxylic acids is 1. The lowest BCUT2D eigenvalue weighted by molar-refractivity contribution is -0.0456. The first kappa shape index (κ1) is 17.4. The molecule has 1 unspecified atom stereocenters. The van der Waals surface area contributed by atoms with Gasteiger partial charge in [0.25, 0.3) is 5.56 Å². The number of rotatable bonds is 4. The molecule has 0 aromatic carbocycles. The van der Waals surface area contributed by atoms with Crippen LogP contribution in [0.3, 0.4) is 0 Å². The van der Waals surface area contributed by atoms with Crippen molar-refractivity contribution < 1.29 is 9.53 Å². The second-order valence-electron chi connectivity index (χ2n) is 7.29. The number of aromatic nitrogens is 3. The third kappa shape index (κ3) is 3.31. The summed E-state index contributed by atoms with van der Waals surface area (Å²) in [6.07, 6.45) is 3.62. The van der Waals surface area contributed by atoms with Crippen molar-refractivity contribution >= 4 is 17.3 Å². The molecule has 3 aliphatic heterocycles. The zero-order valence-corrected chi connectivity index (χ0v) is 15.7. The summed E-state index contributed by atoms with van der Waals surface area (Å²) in [5, 5.41) is 9.53. The molecule has 0 radical (unpaired) electrons. The van der Waals surface area contributed by atoms with Gasteiger partial charge in [-0.15, -0.1) is 10.2 Å². The van der Waals surface area contributed by atoms with Crippen molar-refractivity contribution in [3.05, 3.63) is 39.3 Å². The van der Waals surface area contributed by atoms with Crippen LogP contribution in [0.5, 0.6) is 0 Å². The van der Waals surface area contributed by atoms with Crippen LogP contribution in [0.1, 0.15) is 48.0 Å². The van der Waals surface area contributed by atoms with Crippen molar-refractivity contribution in [2.45, 2.75) is 38.7 Å². The highest BCUT2D eigenvalue weighted by molar-refractivity contribution is 7.13. The van der Waals surface area contributed by atoms with Gasteiger partial charge in [-0.25, -0.2) is 4.79 Å². The highest BCUT2D eigenvalue weighted by Gasteiger charge is 2.36. The lowest BCUT2D eigenvalue weighted by Crippen LogP contribution is -2.51. The smallest absolute Gasteiger partial charge is 0.339 e. The highest BCUT2D eigenvalue weighted by atomic mass is 32.1. The SMILES string of the molecule is CC(C)c1nnc(-n2cc(C(=O)OC3CN4CCC3CC4)ccc2=O)s1. The van der Waals surface area contributed by atoms with Gasteiger partial charge in [-0.05, 0) is 37.9 Å². The van der Waals surface area contributed by atoms with E-state index in [0.29, 0.717) is 16.6 Å². The molecule has 2 aromatic heterocycles. The van der Waals surface area contributed by atoms with Crippen LogP contribution in [0.25, 0.3) is 5.13 Å². The highest BCUT2D eigenvalue weighted by Crippen LogP contribution is 2.30. The maximum Gasteiger partial charge on any atom is 0.339 e. The molecule has 3 saturated heterocycles. The zero-order chi connectivity index (χ0) is 18.3. The first-order chi connectivity index (χ1) is 12.5. The lowest BCUT2D eigenvalue weighted by atomic mass is 9.86. The van der Waals surface area contributed by atoms with E-state index in [0.717, 1.165) is 37.5 Å². The standard InChI is InChI=1S/C18H22N4O3S/c1-11(2)16-19-20-18(26-16)22-9-13(3-4-15(22)23)17(24)25-14-10-21-7-5-12(14)6-8-21/h3-4,9,11-12,14H,5-8,10H2,1-2H3. The zero-order valence-electron chi connectivity index (χ0n) is 14.9. The van der Waals surface area contributed by atoms with Crippen LogP contribution in [0.4, 0.5) is 0 Å². The van der Waals surface area contributed by atoms with Gasteiger partial charge in [0.1, 0.15) is 11.1 Å². The van der Waals surface area contributed by atoms with Gasteiger partial charge in [-0.2, -0.15) is 0 Å². The predicted octanol–water partition coefficient (Wildman–Crippen LogP) is 2.06. The molecule has 8 heteroatoms. The first-order valence-electron chi connectivity index (χ1n) is 9.01. The number of ether oxygens (including phenoxy) is 1. The van der Waals surface area contributed by atoms with E-state index in [1.807, 2.05) is 13.8 Å². The summed E-state index contributed by atoms with van der Waals surface area (Å²) in [6, 6.07) is 2.90. The summed E-state index contributed by atoms with van der Waals surface area (Å²) in [4.78, 5) is 27.2. The first-order valence-corrected chi connectivity index (χ1v) is 9.82. The summed E-state index contributed by atoms with van der Waals surface area (Å²) < 4.78 is 7.13. The van der Waals surface area contributed by atoms with E-state index in [-0.39, 0.29) is 23.6 Å². The molecule has 5 heterocycles. The van der Waals surface area contributed by atoms with E-state index in [1.54, 1.807) is 0 Å². The molecule has 5 rings (SSSR count). The molecular formula is C18H22N4O3S. The number of pyridine rings is 1. The van der Waals surface area contributed by atoms with E-state index in [4.69, 9.17) is 4.74 Å². The summed E-state index contributed by atoms with van der Waals surface area (Å²) in [6.45, 7) is 7.05. The fraction of sp³-hybridized carbons (Fsp3) is 0.556. The van der Waals surface area contributed by atoms with E-state index < -0.39 is 0 Å². The summed E-state index contributed by atoms with van der Waals surface area (Å²) in [7, 11) is 0. The number of hydrogen-bond donors (Lipinski definition) is 0. The number of piperidine rings is 3. The average Bonchev–Trinajstić information content (AvgIpc) is 3.13. The van der Waals surface area contributed by atoms with Gasteiger partial charge in [0.15, 0.2) is 0 Å². The minimum Gasteiger partial charge on any atom is -0.457 e. The topological polar surface area (TPSA) is 77.3 Å². The van der Waals surface area contributed by atoms with Crippen LogP contribution >= 0.6 is 11.3 Å². The molecule has 0 aliphatic carbocycles. The van der Waals surface area contributed by atoms with Gasteiger partial charge < -0.3 is 4.74 Å². The maximum atomic E-state index is 12.6. The second-order valence-corrected chi connectivity index (χ2v) is 8.27. The predicted molar refractivity (Wildman–Crippen MR) is 98.0 cm³/mol. The number of esters is 1. The molecule has 0 spiro atoms. The van der Waals surface area contributed by atoms with Crippen LogP contribution in [-0.2, 0) is 4.74 Å². The molecular weight excluding hydrogens is 352 g/mol. The fourth-order valence-electron chi connectivity index (χ4n) is 3.56. The van der Waals surface area contributed by atoms with Crippen molar-refractivity contribution in [3.8, 4) is 5.13 Å². The van der Waals surface area contributed by atoms with Crippen LogP contribution < -0.4 is 5.56 Å². The Kier molecular flexibility index (Phi) is 4.62. The number of carbonyl (C=O) groups is 1. The molecule has 3 aliphatic rings. The Morgan fingerprint density at radius 1 is 1.27 bits per heavy atom. The van der Waals surface area contributed by atoms with Gasteiger partial charge in [0.2, 0.25) is 5.13 Å². The van der Waals surface area contributed by atoms with E-state index in [2.05, 4.69) is 15.1 Å². The summed E-state index contributed by atoms with van der Waals surface area (Å²) in [5.74, 6) is 0.305. The third-order valence-corrected chi connectivity index (χ3v) is 6.35. The Morgan fingerprint density at radius 2 is 2.04 bits per heavy atom. The molecule has 0 amide bonds. The van der Waals surface area contributed by atoms with Gasteiger partial charge in [-0.3, -0.25) is 14.3 Å². The number of nitrogens with zero attached hydrogens (tertiary/aromatic N) is 4. The van der Waals surface area contributed by atoms with Crippen molar-refractivity contribution in [1.82, 2.24) is 19.7 Å². The maximum absolute atomic E-state index is 12.6. The van der Waals surface area contributed by atoms with Gasteiger partial charge in [0.05, 0.1) is 5.56 Å². The van der Waals surface area contributed by atoms with Crippen LogP contribution in [-0.4, -0.2) is 51.4 Å². The van der Waals surface area contributed by atoms with Crippen molar-refractivity contribution in [1.29, 1.82) is 0 Å². The van der Waals surface area contributed by atoms with E-state index in [9.17, 15) is 9.59 Å². The number of fused-ring (bicyclic) bond motifs is 3. The summed E-state index contributed by atoms with van der Waals surface area (Å²) >= 11 is 1.36. The van der Waals surface area contributed by atoms with Crippen molar-refractivity contribution in [2.24, 2.45) is 5.92 Å². The quantitative estimate of drug-likeness (QED) is 0.763. The Labute approximate surface area is 155 Å². The van der Waals surface area contributed by atoms with Crippen LogP contribution in [0, 0.1) is 5.92 Å². The molecule has 2 bridgehead atoms. The molecule has 7 nitrogen and oxygen atoms in total. The largest absolute Gasteiger partial charge is 0.457 e. The van der Waals surface area contributed by atoms with Gasteiger partial charge in [0, 0.05) is 24.7 Å². The fourth-order valence-corrected chi connectivity index (χ4v) is 4.39. The summed E-state index contributed by atoms with van der Waals surface area (Å²) in [5.41, 5.74) is 0.123. The van der Waals surface area contributed by atoms with Gasteiger partial charge in [-0.1, -0.05) is 25.2 Å². The Bertz CT molecular complexity index is 867.